The number of benzene rings is 4. The van der Waals surface area contributed by atoms with E-state index < -0.39 is 0 Å². The lowest BCUT2D eigenvalue weighted by Crippen LogP contribution is -2.27. The van der Waals surface area contributed by atoms with Gasteiger partial charge in [0.15, 0.2) is 0 Å². The summed E-state index contributed by atoms with van der Waals surface area (Å²) in [5.41, 5.74) is 28.0. The van der Waals surface area contributed by atoms with E-state index >= 15 is 0 Å². The van der Waals surface area contributed by atoms with E-state index in [0.29, 0.717) is 11.8 Å². The van der Waals surface area contributed by atoms with E-state index in [4.69, 9.17) is 47.5 Å². The maximum atomic E-state index is 5.30. The lowest BCUT2D eigenvalue weighted by Gasteiger charge is -2.22. The first-order chi connectivity index (χ1) is 64.2. The number of unbranched alkanes of at least 4 members (excludes halogenated alkanes) is 1. The molecule has 0 radical (unpaired) electrons. The Labute approximate surface area is 779 Å². The van der Waals surface area contributed by atoms with Crippen LogP contribution in [0.3, 0.4) is 0 Å². The standard InChI is InChI=1S/C22H24N4O.3C21H23N5O.C21H22N4O/c1-4-5-13-23-22-21(24-19-8-6-7-14-26(19)22)18-11-9-17(10-12-18)20-15(2)25-27-16(20)3;1-13-17(14(2)27-25-13)15-7-9-16(10-8-15)18-19(24-21(3,4)5)26-12-6-11-22-20(26)23-18;1-13-18(14(2)27-25-13)15-6-8-16(9-7-15)19-20(24-21(3,4)5)26-12-22-11-10-17(26)23-19;1-13-18(14(2)27-25-13)16-10-9-15(12-22-16)19-20(24-21(3,4)5)26-11-7-6-8-17(26)23-19;1-13(2)22-21-20(23-18-7-5-6-12-25(18)21)17-10-8-16(9-11-17)19-14(3)24-26-15(19)4/h6-12,14,23H,4-5,13H2,1-3H3;3*6-12,24H,1-5H3;5-13,22H,1-4H3. The zero-order valence-corrected chi connectivity index (χ0v) is 80.2. The molecule has 5 N–H and O–H groups in total. The largest absolute Gasteiger partial charge is 0.369 e. The molecule has 0 saturated carbocycles. The topological polar surface area (TPSA) is 315 Å². The van der Waals surface area contributed by atoms with Crippen LogP contribution >= 0.6 is 0 Å². The summed E-state index contributed by atoms with van der Waals surface area (Å²) < 4.78 is 36.7. The summed E-state index contributed by atoms with van der Waals surface area (Å²) in [6.07, 6.45) is 17.5. The second-order valence-corrected chi connectivity index (χ2v) is 36.9. The molecule has 0 saturated heterocycles. The zero-order valence-electron chi connectivity index (χ0n) is 80.2. The molecule has 4 aromatic carbocycles. The molecule has 684 valence electrons. The summed E-state index contributed by atoms with van der Waals surface area (Å²) in [6, 6.07) is 59.9. The van der Waals surface area contributed by atoms with Crippen molar-refractivity contribution in [1.82, 2.24) is 87.7 Å². The average molecular weight is 1790 g/mol. The molecular weight excluding hydrogens is 1680 g/mol. The highest BCUT2D eigenvalue weighted by atomic mass is 16.5. The van der Waals surface area contributed by atoms with Crippen molar-refractivity contribution in [2.45, 2.75) is 188 Å². The fraction of sp³-hybridized carbons (Fsp3) is 0.274. The Morgan fingerprint density at radius 3 is 1.02 bits per heavy atom. The lowest BCUT2D eigenvalue weighted by atomic mass is 10.0. The van der Waals surface area contributed by atoms with E-state index in [1.165, 1.54) is 0 Å². The maximum Gasteiger partial charge on any atom is 0.235 e. The summed E-state index contributed by atoms with van der Waals surface area (Å²) >= 11 is 0. The van der Waals surface area contributed by atoms with Crippen LogP contribution in [0, 0.1) is 69.2 Å². The number of nitrogens with zero attached hydrogens (tertiary/aromatic N) is 18. The normalized spacial score (nSPS) is 11.7. The van der Waals surface area contributed by atoms with E-state index in [2.05, 4.69) is 267 Å². The second kappa shape index (κ2) is 38.4. The van der Waals surface area contributed by atoms with E-state index in [9.17, 15) is 0 Å². The molecule has 16 aromatic heterocycles. The van der Waals surface area contributed by atoms with Crippen LogP contribution in [0.15, 0.2) is 248 Å². The molecule has 0 aliphatic heterocycles. The van der Waals surface area contributed by atoms with Crippen LogP contribution in [0.4, 0.5) is 29.1 Å². The molecule has 0 bridgehead atoms. The maximum absolute atomic E-state index is 5.30. The van der Waals surface area contributed by atoms with Gasteiger partial charge in [-0.1, -0.05) is 154 Å². The number of hydrogen-bond acceptors (Lipinski definition) is 23. The number of anilines is 5. The van der Waals surface area contributed by atoms with Crippen LogP contribution in [0.5, 0.6) is 0 Å². The number of aromatic nitrogens is 18. The van der Waals surface area contributed by atoms with Crippen LogP contribution in [-0.2, 0) is 0 Å². The summed E-state index contributed by atoms with van der Waals surface area (Å²) in [5.74, 6) is 9.69. The van der Waals surface area contributed by atoms with Crippen LogP contribution < -0.4 is 26.6 Å². The van der Waals surface area contributed by atoms with Gasteiger partial charge in [0.05, 0.1) is 39.7 Å². The fourth-order valence-corrected chi connectivity index (χ4v) is 16.5. The van der Waals surface area contributed by atoms with Gasteiger partial charge in [-0.15, -0.1) is 0 Å². The van der Waals surface area contributed by atoms with Gasteiger partial charge in [0.1, 0.15) is 115 Å². The van der Waals surface area contributed by atoms with Gasteiger partial charge in [-0.05, 0) is 235 Å². The third-order valence-electron chi connectivity index (χ3n) is 22.4. The summed E-state index contributed by atoms with van der Waals surface area (Å²) in [4.78, 5) is 37.4. The summed E-state index contributed by atoms with van der Waals surface area (Å²) in [6.45, 7) is 46.0. The summed E-state index contributed by atoms with van der Waals surface area (Å²) in [5, 5.41) is 38.0. The molecule has 0 amide bonds. The molecule has 20 aromatic rings. The average Bonchev–Trinajstić information content (AvgIpc) is 1.65. The predicted octanol–water partition coefficient (Wildman–Crippen LogP) is 25.2. The first-order valence-corrected chi connectivity index (χ1v) is 45.2. The molecular formula is C106H115N23O5. The number of fused-ring (bicyclic) bond motifs is 5. The molecule has 0 fully saturated rings. The van der Waals surface area contributed by atoms with Gasteiger partial charge in [0, 0.05) is 123 Å². The Morgan fingerprint density at radius 1 is 0.321 bits per heavy atom. The quantitative estimate of drug-likeness (QED) is 0.0470. The van der Waals surface area contributed by atoms with Gasteiger partial charge in [-0.25, -0.2) is 34.9 Å². The number of hydrogen-bond donors (Lipinski definition) is 5. The third-order valence-corrected chi connectivity index (χ3v) is 22.4. The molecule has 0 atom stereocenters. The number of nitrogens with one attached hydrogen (secondary N) is 5. The first kappa shape index (κ1) is 91.7. The van der Waals surface area contributed by atoms with Crippen molar-refractivity contribution in [3.8, 4) is 112 Å². The Hall–Kier alpha value is -15.6. The summed E-state index contributed by atoms with van der Waals surface area (Å²) in [7, 11) is 0. The molecule has 0 aliphatic rings. The predicted molar refractivity (Wildman–Crippen MR) is 534 cm³/mol. The number of aryl methyl sites for hydroxylation is 10. The van der Waals surface area contributed by atoms with Gasteiger partial charge in [-0.3, -0.25) is 27.0 Å². The van der Waals surface area contributed by atoms with E-state index in [-0.39, 0.29) is 16.6 Å². The minimum atomic E-state index is -0.100. The Bertz CT molecular complexity index is 6950. The molecule has 20 rings (SSSR count). The number of rotatable bonds is 19. The van der Waals surface area contributed by atoms with Crippen molar-refractivity contribution in [3.05, 3.63) is 283 Å². The molecule has 0 unspecified atom stereocenters. The molecule has 28 nitrogen and oxygen atoms in total. The van der Waals surface area contributed by atoms with Gasteiger partial charge in [0.25, 0.3) is 0 Å². The van der Waals surface area contributed by atoms with Crippen LogP contribution in [0.2, 0.25) is 0 Å². The van der Waals surface area contributed by atoms with Crippen molar-refractivity contribution in [3.63, 3.8) is 0 Å². The monoisotopic (exact) mass is 1790 g/mol. The smallest absolute Gasteiger partial charge is 0.235 e. The molecule has 28 heteroatoms. The highest BCUT2D eigenvalue weighted by Gasteiger charge is 2.27. The van der Waals surface area contributed by atoms with E-state index in [1.54, 1.807) is 18.7 Å². The fourth-order valence-electron chi connectivity index (χ4n) is 16.5. The third kappa shape index (κ3) is 20.0. The highest BCUT2D eigenvalue weighted by Crippen LogP contribution is 2.41. The number of pyridine rings is 4. The van der Waals surface area contributed by atoms with E-state index in [1.807, 2.05) is 182 Å². The van der Waals surface area contributed by atoms with Crippen LogP contribution in [-0.4, -0.2) is 117 Å². The molecule has 16 heterocycles. The minimum Gasteiger partial charge on any atom is -0.369 e. The first-order valence-electron chi connectivity index (χ1n) is 45.2. The van der Waals surface area contributed by atoms with Gasteiger partial charge in [0.2, 0.25) is 5.78 Å². The van der Waals surface area contributed by atoms with Crippen molar-refractivity contribution < 1.29 is 22.6 Å². The lowest BCUT2D eigenvalue weighted by molar-refractivity contribution is 0.393. The van der Waals surface area contributed by atoms with Crippen molar-refractivity contribution in [1.29, 1.82) is 0 Å². The minimum absolute atomic E-state index is 0.0926. The van der Waals surface area contributed by atoms with Gasteiger partial charge < -0.3 is 49.2 Å². The van der Waals surface area contributed by atoms with E-state index in [0.717, 1.165) is 240 Å². The highest BCUT2D eigenvalue weighted by molar-refractivity contribution is 5.85. The van der Waals surface area contributed by atoms with Gasteiger partial charge in [-0.2, -0.15) is 0 Å². The zero-order chi connectivity index (χ0) is 94.6. The molecule has 0 aliphatic carbocycles. The Morgan fingerprint density at radius 2 is 0.649 bits per heavy atom. The van der Waals surface area contributed by atoms with Crippen molar-refractivity contribution >= 4 is 57.5 Å². The van der Waals surface area contributed by atoms with Gasteiger partial charge >= 0.3 is 0 Å². The number of imidazole rings is 5. The Kier molecular flexibility index (Phi) is 26.3. The molecule has 0 spiro atoms. The SMILES string of the molecule is CCCCNc1c(-c2ccc(-c3c(C)noc3C)cc2)nc2ccccn12.Cc1noc(C)c1-c1ccc(-c2nc3ccccn3c2NC(C)(C)C)cn1.Cc1noc(C)c1-c1ccc(-c2nc3ccccn3c2NC(C)C)cc1.Cc1noc(C)c1-c1ccc(-c2nc3ccncn3c2NC(C)(C)C)cc1.Cc1noc(C)c1-c1ccc(-c2nc3ncccn3c2NC(C)(C)C)cc1. The van der Waals surface area contributed by atoms with Crippen molar-refractivity contribution in [2.75, 3.05) is 33.1 Å². The van der Waals surface area contributed by atoms with Crippen LogP contribution in [0.25, 0.3) is 140 Å². The molecule has 134 heavy (non-hydrogen) atoms. The Balaban J connectivity index is 0.000000122. The second-order valence-electron chi connectivity index (χ2n) is 36.9. The van der Waals surface area contributed by atoms with Crippen molar-refractivity contribution in [2.24, 2.45) is 0 Å². The van der Waals surface area contributed by atoms with Crippen LogP contribution in [0.1, 0.15) is 153 Å².